The molecule has 0 spiro atoms. The largest absolute Gasteiger partial charge is 0.504 e. The van der Waals surface area contributed by atoms with Crippen molar-refractivity contribution in [3.63, 3.8) is 0 Å². The quantitative estimate of drug-likeness (QED) is 0.0852. The lowest BCUT2D eigenvalue weighted by Gasteiger charge is -2.22. The van der Waals surface area contributed by atoms with E-state index in [2.05, 4.69) is 0 Å². The first-order chi connectivity index (χ1) is 19.3. The molecule has 0 atom stereocenters. The number of carbonyl (C=O) groups excluding carboxylic acids is 1. The van der Waals surface area contributed by atoms with Crippen LogP contribution in [0.3, 0.4) is 0 Å². The molecule has 9 nitrogen and oxygen atoms in total. The van der Waals surface area contributed by atoms with Crippen molar-refractivity contribution >= 4 is 45.8 Å². The van der Waals surface area contributed by atoms with Gasteiger partial charge in [-0.3, -0.25) is 4.79 Å². The van der Waals surface area contributed by atoms with Gasteiger partial charge in [-0.25, -0.2) is 4.79 Å². The van der Waals surface area contributed by atoms with Gasteiger partial charge in [0, 0.05) is 54.7 Å². The van der Waals surface area contributed by atoms with Crippen LogP contribution in [0.1, 0.15) is 16.8 Å². The molecule has 0 saturated carbocycles. The van der Waals surface area contributed by atoms with Crippen molar-refractivity contribution in [1.29, 1.82) is 0 Å². The summed E-state index contributed by atoms with van der Waals surface area (Å²) in [6.45, 7) is 1.80. The Balaban J connectivity index is 1.27. The lowest BCUT2D eigenvalue weighted by molar-refractivity contribution is 0.0486. The Morgan fingerprint density at radius 3 is 2.20 bits per heavy atom. The van der Waals surface area contributed by atoms with E-state index in [4.69, 9.17) is 37.1 Å². The van der Waals surface area contributed by atoms with E-state index >= 15 is 0 Å². The minimum absolute atomic E-state index is 0.0688. The third-order valence-corrected chi connectivity index (χ3v) is 6.39. The Bertz CT molecular complexity index is 1510. The molecule has 0 fully saturated rings. The molecule has 0 bridgehead atoms. The Morgan fingerprint density at radius 2 is 1.55 bits per heavy atom. The Labute approximate surface area is 239 Å². The number of hydrogen-bond acceptors (Lipinski definition) is 9. The van der Waals surface area contributed by atoms with Crippen LogP contribution < -0.4 is 15.1 Å². The maximum atomic E-state index is 12.5. The number of rotatable bonds is 12. The molecule has 1 heterocycles. The summed E-state index contributed by atoms with van der Waals surface area (Å²) >= 11 is 11.7. The van der Waals surface area contributed by atoms with Gasteiger partial charge in [0.1, 0.15) is 22.5 Å². The SMILES string of the molecule is O=C(OCCCOc1ccc(-c2cc(=O)c3c(O)c(O)c(O)cc3o2)cc1)c1ccc(N(CCCl)CCCl)cc1. The van der Waals surface area contributed by atoms with Crippen molar-refractivity contribution in [3.05, 3.63) is 76.5 Å². The summed E-state index contributed by atoms with van der Waals surface area (Å²) in [5.74, 6) is -0.843. The van der Waals surface area contributed by atoms with Crippen molar-refractivity contribution in [3.8, 4) is 34.3 Å². The van der Waals surface area contributed by atoms with Crippen LogP contribution in [0.15, 0.2) is 69.9 Å². The van der Waals surface area contributed by atoms with Gasteiger partial charge in [-0.2, -0.15) is 0 Å². The number of phenolic OH excluding ortho intramolecular Hbond substituents is 3. The summed E-state index contributed by atoms with van der Waals surface area (Å²) in [6, 6.07) is 16.1. The van der Waals surface area contributed by atoms with Crippen LogP contribution in [-0.2, 0) is 4.74 Å². The third-order valence-electron chi connectivity index (χ3n) is 6.05. The highest BCUT2D eigenvalue weighted by Crippen LogP contribution is 2.40. The fraction of sp³-hybridized carbons (Fsp3) is 0.241. The Kier molecular flexibility index (Phi) is 9.63. The number of ether oxygens (including phenoxy) is 2. The van der Waals surface area contributed by atoms with Gasteiger partial charge >= 0.3 is 5.97 Å². The molecule has 1 aromatic heterocycles. The third kappa shape index (κ3) is 6.73. The van der Waals surface area contributed by atoms with Crippen LogP contribution in [0.2, 0.25) is 0 Å². The highest BCUT2D eigenvalue weighted by Gasteiger charge is 2.17. The van der Waals surface area contributed by atoms with E-state index in [1.807, 2.05) is 17.0 Å². The second-order valence-corrected chi connectivity index (χ2v) is 9.47. The molecule has 0 aliphatic carbocycles. The molecule has 0 radical (unpaired) electrons. The minimum atomic E-state index is -0.786. The van der Waals surface area contributed by atoms with Crippen LogP contribution in [-0.4, -0.2) is 59.4 Å². The molecule has 210 valence electrons. The van der Waals surface area contributed by atoms with Gasteiger partial charge in [-0.15, -0.1) is 23.2 Å². The summed E-state index contributed by atoms with van der Waals surface area (Å²) in [5.41, 5.74) is 1.29. The highest BCUT2D eigenvalue weighted by atomic mass is 35.5. The summed E-state index contributed by atoms with van der Waals surface area (Å²) in [7, 11) is 0. The lowest BCUT2D eigenvalue weighted by atomic mass is 10.1. The summed E-state index contributed by atoms with van der Waals surface area (Å²) in [6.07, 6.45) is 0.476. The van der Waals surface area contributed by atoms with E-state index in [9.17, 15) is 24.9 Å². The van der Waals surface area contributed by atoms with E-state index in [0.29, 0.717) is 54.8 Å². The number of anilines is 1. The summed E-state index contributed by atoms with van der Waals surface area (Å²) in [4.78, 5) is 26.9. The first-order valence-corrected chi connectivity index (χ1v) is 13.5. The van der Waals surface area contributed by atoms with Crippen molar-refractivity contribution in [2.45, 2.75) is 6.42 Å². The minimum Gasteiger partial charge on any atom is -0.504 e. The predicted molar refractivity (Wildman–Crippen MR) is 153 cm³/mol. The van der Waals surface area contributed by atoms with Crippen LogP contribution in [0.25, 0.3) is 22.3 Å². The molecule has 0 aliphatic heterocycles. The first-order valence-electron chi connectivity index (χ1n) is 12.4. The summed E-state index contributed by atoms with van der Waals surface area (Å²) < 4.78 is 16.7. The van der Waals surface area contributed by atoms with Crippen molar-refractivity contribution in [1.82, 2.24) is 0 Å². The van der Waals surface area contributed by atoms with Gasteiger partial charge in [0.25, 0.3) is 0 Å². The predicted octanol–water partition coefficient (Wildman–Crippen LogP) is 5.49. The van der Waals surface area contributed by atoms with E-state index in [0.717, 1.165) is 11.8 Å². The van der Waals surface area contributed by atoms with Crippen LogP contribution in [0, 0.1) is 0 Å². The average Bonchev–Trinajstić information content (AvgIpc) is 2.95. The fourth-order valence-electron chi connectivity index (χ4n) is 4.02. The molecule has 0 unspecified atom stereocenters. The lowest BCUT2D eigenvalue weighted by Crippen LogP contribution is -2.27. The highest BCUT2D eigenvalue weighted by molar-refractivity contribution is 6.18. The number of benzene rings is 3. The fourth-order valence-corrected chi connectivity index (χ4v) is 4.42. The molecule has 3 N–H and O–H groups in total. The van der Waals surface area contributed by atoms with Crippen LogP contribution in [0.4, 0.5) is 5.69 Å². The van der Waals surface area contributed by atoms with Crippen LogP contribution in [0.5, 0.6) is 23.0 Å². The number of aromatic hydroxyl groups is 3. The number of hydrogen-bond donors (Lipinski definition) is 3. The number of halogens is 2. The standard InChI is InChI=1S/C29H27Cl2NO8/c30-10-12-32(13-11-31)20-6-2-19(3-7-20)29(37)39-15-1-14-38-21-8-4-18(5-9-21)24-16-22(33)26-25(40-24)17-23(34)27(35)28(26)36/h2-9,16-17,34-36H,1,10-15H2. The first kappa shape index (κ1) is 28.9. The van der Waals surface area contributed by atoms with E-state index in [-0.39, 0.29) is 23.3 Å². The molecule has 0 saturated heterocycles. The molecule has 0 aliphatic rings. The number of phenols is 3. The number of nitrogens with zero attached hydrogens (tertiary/aromatic N) is 1. The smallest absolute Gasteiger partial charge is 0.338 e. The van der Waals surface area contributed by atoms with Gasteiger partial charge < -0.3 is 34.1 Å². The maximum Gasteiger partial charge on any atom is 0.338 e. The summed E-state index contributed by atoms with van der Waals surface area (Å²) in [5, 5.41) is 29.1. The second-order valence-electron chi connectivity index (χ2n) is 8.72. The van der Waals surface area contributed by atoms with E-state index < -0.39 is 28.6 Å². The molecule has 40 heavy (non-hydrogen) atoms. The van der Waals surface area contributed by atoms with E-state index in [1.165, 1.54) is 6.07 Å². The maximum absolute atomic E-state index is 12.5. The normalized spacial score (nSPS) is 10.9. The monoisotopic (exact) mass is 587 g/mol. The molecule has 0 amide bonds. The number of alkyl halides is 2. The molecule has 4 rings (SSSR count). The van der Waals surface area contributed by atoms with Crippen LogP contribution >= 0.6 is 23.2 Å². The van der Waals surface area contributed by atoms with Gasteiger partial charge in [-0.05, 0) is 48.5 Å². The zero-order valence-electron chi connectivity index (χ0n) is 21.3. The van der Waals surface area contributed by atoms with Gasteiger partial charge in [0.05, 0.1) is 18.8 Å². The Hall–Kier alpha value is -4.08. The molecule has 3 aromatic carbocycles. The number of fused-ring (bicyclic) bond motifs is 1. The van der Waals surface area contributed by atoms with E-state index in [1.54, 1.807) is 36.4 Å². The number of carbonyl (C=O) groups is 1. The zero-order valence-corrected chi connectivity index (χ0v) is 22.8. The molecule has 4 aromatic rings. The van der Waals surface area contributed by atoms with Gasteiger partial charge in [-0.1, -0.05) is 0 Å². The van der Waals surface area contributed by atoms with Crippen molar-refractivity contribution in [2.75, 3.05) is 43.0 Å². The average molecular weight is 588 g/mol. The van der Waals surface area contributed by atoms with Crippen molar-refractivity contribution < 1.29 is 34.0 Å². The van der Waals surface area contributed by atoms with Gasteiger partial charge in [0.2, 0.25) is 5.75 Å². The topological polar surface area (TPSA) is 130 Å². The molecular formula is C29H27Cl2NO8. The molecule has 11 heteroatoms. The zero-order chi connectivity index (χ0) is 28.6. The van der Waals surface area contributed by atoms with Crippen molar-refractivity contribution in [2.24, 2.45) is 0 Å². The van der Waals surface area contributed by atoms with Gasteiger partial charge in [0.15, 0.2) is 16.9 Å². The second kappa shape index (κ2) is 13.3. The molecular weight excluding hydrogens is 561 g/mol. The Morgan fingerprint density at radius 1 is 0.875 bits per heavy atom. The number of esters is 1.